The molecule has 4 heterocycles. The van der Waals surface area contributed by atoms with Crippen molar-refractivity contribution in [3.8, 4) is 0 Å². The van der Waals surface area contributed by atoms with E-state index >= 15 is 0 Å². The fourth-order valence-corrected chi connectivity index (χ4v) is 3.40. The smallest absolute Gasteiger partial charge is 0.230 e. The van der Waals surface area contributed by atoms with Crippen molar-refractivity contribution >= 4 is 29.1 Å². The Balaban J connectivity index is 1.55. The van der Waals surface area contributed by atoms with Gasteiger partial charge in [0, 0.05) is 32.4 Å². The summed E-state index contributed by atoms with van der Waals surface area (Å²) in [4.78, 5) is 21.8. The van der Waals surface area contributed by atoms with Crippen LogP contribution in [-0.2, 0) is 6.54 Å². The van der Waals surface area contributed by atoms with Crippen molar-refractivity contribution in [2.45, 2.75) is 25.4 Å². The molecule has 0 aliphatic carbocycles. The van der Waals surface area contributed by atoms with Gasteiger partial charge in [-0.3, -0.25) is 0 Å². The number of piperidine rings is 1. The number of hydrogen-bond acceptors (Lipinski definition) is 7. The number of nitrogens with two attached hydrogens (primary N) is 1. The Morgan fingerprint density at radius 3 is 3.04 bits per heavy atom. The minimum Gasteiger partial charge on any atom is -0.339 e. The van der Waals surface area contributed by atoms with Crippen molar-refractivity contribution in [1.82, 2.24) is 24.3 Å². The fourth-order valence-electron chi connectivity index (χ4n) is 3.24. The molecule has 2 N–H and O–H groups in total. The lowest BCUT2D eigenvalue weighted by Gasteiger charge is -2.31. The SMILES string of the molecule is CN(Cc1cnc2ccc(Cl)cn12)c1ncnc(N2CCCC(N)C2)n1. The average Bonchev–Trinajstić information content (AvgIpc) is 3.04. The monoisotopic (exact) mass is 372 g/mol. The third kappa shape index (κ3) is 3.42. The highest BCUT2D eigenvalue weighted by Gasteiger charge is 2.20. The molecule has 0 spiro atoms. The van der Waals surface area contributed by atoms with Crippen LogP contribution in [0.1, 0.15) is 18.5 Å². The van der Waals surface area contributed by atoms with E-state index in [1.807, 2.05) is 40.9 Å². The molecule has 1 saturated heterocycles. The maximum atomic E-state index is 6.11. The summed E-state index contributed by atoms with van der Waals surface area (Å²) in [7, 11) is 1.95. The van der Waals surface area contributed by atoms with Gasteiger partial charge in [0.15, 0.2) is 0 Å². The van der Waals surface area contributed by atoms with Crippen LogP contribution in [0.25, 0.3) is 5.65 Å². The third-order valence-corrected chi connectivity index (χ3v) is 4.80. The van der Waals surface area contributed by atoms with Gasteiger partial charge in [0.25, 0.3) is 0 Å². The van der Waals surface area contributed by atoms with Crippen LogP contribution < -0.4 is 15.5 Å². The predicted octanol–water partition coefficient (Wildman–Crippen LogP) is 1.74. The van der Waals surface area contributed by atoms with Gasteiger partial charge in [0.2, 0.25) is 11.9 Å². The first kappa shape index (κ1) is 17.0. The summed E-state index contributed by atoms with van der Waals surface area (Å²) in [6.07, 6.45) is 7.36. The molecule has 3 aromatic rings. The van der Waals surface area contributed by atoms with Gasteiger partial charge in [0.05, 0.1) is 23.5 Å². The van der Waals surface area contributed by atoms with E-state index in [-0.39, 0.29) is 6.04 Å². The zero-order valence-electron chi connectivity index (χ0n) is 14.6. The minimum absolute atomic E-state index is 0.171. The second-order valence-corrected chi connectivity index (χ2v) is 7.05. The molecule has 1 unspecified atom stereocenters. The molecule has 0 saturated carbocycles. The molecule has 0 amide bonds. The number of rotatable bonds is 4. The minimum atomic E-state index is 0.171. The topological polar surface area (TPSA) is 88.5 Å². The number of nitrogens with zero attached hydrogens (tertiary/aromatic N) is 7. The van der Waals surface area contributed by atoms with E-state index in [2.05, 4.69) is 24.8 Å². The Labute approximate surface area is 156 Å². The summed E-state index contributed by atoms with van der Waals surface area (Å²) >= 11 is 6.11. The maximum absolute atomic E-state index is 6.11. The Bertz CT molecular complexity index is 911. The van der Waals surface area contributed by atoms with E-state index in [0.29, 0.717) is 23.5 Å². The Hall–Kier alpha value is -2.45. The van der Waals surface area contributed by atoms with Crippen molar-refractivity contribution in [1.29, 1.82) is 0 Å². The zero-order valence-corrected chi connectivity index (χ0v) is 15.3. The van der Waals surface area contributed by atoms with Gasteiger partial charge in [-0.05, 0) is 25.0 Å². The molecule has 8 nitrogen and oxygen atoms in total. The van der Waals surface area contributed by atoms with Crippen molar-refractivity contribution in [2.24, 2.45) is 5.73 Å². The summed E-state index contributed by atoms with van der Waals surface area (Å²) in [5.41, 5.74) is 7.94. The highest BCUT2D eigenvalue weighted by Crippen LogP contribution is 2.19. The van der Waals surface area contributed by atoms with E-state index in [4.69, 9.17) is 17.3 Å². The van der Waals surface area contributed by atoms with Crippen LogP contribution in [0.2, 0.25) is 5.02 Å². The van der Waals surface area contributed by atoms with Crippen LogP contribution in [0.4, 0.5) is 11.9 Å². The van der Waals surface area contributed by atoms with E-state index in [0.717, 1.165) is 37.3 Å². The first-order valence-electron chi connectivity index (χ1n) is 8.62. The van der Waals surface area contributed by atoms with Gasteiger partial charge in [-0.25, -0.2) is 15.0 Å². The molecule has 9 heteroatoms. The summed E-state index contributed by atoms with van der Waals surface area (Å²) < 4.78 is 1.98. The van der Waals surface area contributed by atoms with Gasteiger partial charge in [0.1, 0.15) is 12.0 Å². The molecule has 136 valence electrons. The summed E-state index contributed by atoms with van der Waals surface area (Å²) in [5, 5.41) is 0.670. The summed E-state index contributed by atoms with van der Waals surface area (Å²) in [5.74, 6) is 1.30. The predicted molar refractivity (Wildman–Crippen MR) is 102 cm³/mol. The van der Waals surface area contributed by atoms with Crippen LogP contribution in [0.3, 0.4) is 0 Å². The second kappa shape index (κ2) is 7.05. The quantitative estimate of drug-likeness (QED) is 0.746. The summed E-state index contributed by atoms with van der Waals surface area (Å²) in [6, 6.07) is 3.90. The van der Waals surface area contributed by atoms with Crippen molar-refractivity contribution in [2.75, 3.05) is 29.9 Å². The van der Waals surface area contributed by atoms with E-state index in [9.17, 15) is 0 Å². The van der Waals surface area contributed by atoms with E-state index in [1.54, 1.807) is 6.33 Å². The normalized spacial score (nSPS) is 17.7. The van der Waals surface area contributed by atoms with Crippen LogP contribution >= 0.6 is 11.6 Å². The Kier molecular flexibility index (Phi) is 4.60. The van der Waals surface area contributed by atoms with Gasteiger partial charge >= 0.3 is 0 Å². The molecular formula is C17H21ClN8. The van der Waals surface area contributed by atoms with Crippen molar-refractivity contribution in [3.05, 3.63) is 41.6 Å². The number of hydrogen-bond donors (Lipinski definition) is 1. The lowest BCUT2D eigenvalue weighted by Crippen LogP contribution is -2.43. The first-order valence-corrected chi connectivity index (χ1v) is 9.00. The molecule has 1 atom stereocenters. The van der Waals surface area contributed by atoms with Crippen LogP contribution in [0.15, 0.2) is 30.9 Å². The molecule has 3 aromatic heterocycles. The van der Waals surface area contributed by atoms with Crippen LogP contribution in [-0.4, -0.2) is 50.5 Å². The average molecular weight is 373 g/mol. The van der Waals surface area contributed by atoms with Crippen LogP contribution in [0, 0.1) is 0 Å². The summed E-state index contributed by atoms with van der Waals surface area (Å²) in [6.45, 7) is 2.30. The molecule has 1 aliphatic rings. The lowest BCUT2D eigenvalue weighted by molar-refractivity contribution is 0.499. The van der Waals surface area contributed by atoms with Crippen LogP contribution in [0.5, 0.6) is 0 Å². The fraction of sp³-hybridized carbons (Fsp3) is 0.412. The first-order chi connectivity index (χ1) is 12.6. The number of pyridine rings is 1. The second-order valence-electron chi connectivity index (χ2n) is 6.61. The highest BCUT2D eigenvalue weighted by molar-refractivity contribution is 6.30. The number of fused-ring (bicyclic) bond motifs is 1. The number of anilines is 2. The standard InChI is InChI=1S/C17H21ClN8/c1-24(10-14-7-20-15-5-4-12(18)8-26(14)15)16-21-11-22-17(23-16)25-6-2-3-13(19)9-25/h4-5,7-8,11,13H,2-3,6,9-10,19H2,1H3. The van der Waals surface area contributed by atoms with E-state index in [1.165, 1.54) is 0 Å². The van der Waals surface area contributed by atoms with Gasteiger partial charge in [-0.2, -0.15) is 4.98 Å². The maximum Gasteiger partial charge on any atom is 0.230 e. The molecule has 0 aromatic carbocycles. The third-order valence-electron chi connectivity index (χ3n) is 4.57. The Morgan fingerprint density at radius 1 is 1.31 bits per heavy atom. The zero-order chi connectivity index (χ0) is 18.1. The van der Waals surface area contributed by atoms with Gasteiger partial charge < -0.3 is 19.9 Å². The molecular weight excluding hydrogens is 352 g/mol. The number of aromatic nitrogens is 5. The number of imidazole rings is 1. The molecule has 0 bridgehead atoms. The Morgan fingerprint density at radius 2 is 2.19 bits per heavy atom. The molecule has 26 heavy (non-hydrogen) atoms. The molecule has 0 radical (unpaired) electrons. The van der Waals surface area contributed by atoms with Crippen molar-refractivity contribution < 1.29 is 0 Å². The van der Waals surface area contributed by atoms with Gasteiger partial charge in [-0.1, -0.05) is 11.6 Å². The van der Waals surface area contributed by atoms with Crippen molar-refractivity contribution in [3.63, 3.8) is 0 Å². The van der Waals surface area contributed by atoms with Gasteiger partial charge in [-0.15, -0.1) is 0 Å². The number of halogens is 1. The molecule has 1 fully saturated rings. The molecule has 4 rings (SSSR count). The largest absolute Gasteiger partial charge is 0.339 e. The lowest BCUT2D eigenvalue weighted by atomic mass is 10.1. The highest BCUT2D eigenvalue weighted by atomic mass is 35.5. The van der Waals surface area contributed by atoms with E-state index < -0.39 is 0 Å². The molecule has 1 aliphatic heterocycles.